The SMILES string of the molecule is COc1ccc(-c2nonc2NC(=O)COc2c(C)cc(C)cc2C)cc1OC. The highest BCUT2D eigenvalue weighted by Gasteiger charge is 2.18. The molecule has 0 radical (unpaired) electrons. The molecule has 2 aromatic carbocycles. The van der Waals surface area contributed by atoms with E-state index in [1.165, 1.54) is 7.11 Å². The van der Waals surface area contributed by atoms with Crippen molar-refractivity contribution in [3.8, 4) is 28.5 Å². The van der Waals surface area contributed by atoms with Crippen LogP contribution in [0.2, 0.25) is 0 Å². The molecule has 0 saturated heterocycles. The average molecular weight is 397 g/mol. The van der Waals surface area contributed by atoms with Gasteiger partial charge in [-0.15, -0.1) is 0 Å². The molecule has 1 N–H and O–H groups in total. The molecule has 0 bridgehead atoms. The van der Waals surface area contributed by atoms with Crippen LogP contribution in [0.4, 0.5) is 5.82 Å². The quantitative estimate of drug-likeness (QED) is 0.649. The van der Waals surface area contributed by atoms with Crippen molar-refractivity contribution >= 4 is 11.7 Å². The zero-order valence-electron chi connectivity index (χ0n) is 17.0. The van der Waals surface area contributed by atoms with E-state index in [4.69, 9.17) is 18.8 Å². The van der Waals surface area contributed by atoms with E-state index >= 15 is 0 Å². The molecule has 3 rings (SSSR count). The lowest BCUT2D eigenvalue weighted by molar-refractivity contribution is -0.118. The van der Waals surface area contributed by atoms with Gasteiger partial charge in [0, 0.05) is 5.56 Å². The van der Waals surface area contributed by atoms with E-state index in [9.17, 15) is 4.79 Å². The minimum absolute atomic E-state index is 0.164. The van der Waals surface area contributed by atoms with Gasteiger partial charge in [-0.2, -0.15) is 0 Å². The van der Waals surface area contributed by atoms with Crippen LogP contribution in [0.15, 0.2) is 35.0 Å². The van der Waals surface area contributed by atoms with Gasteiger partial charge in [0.2, 0.25) is 5.82 Å². The number of nitrogens with zero attached hydrogens (tertiary/aromatic N) is 2. The van der Waals surface area contributed by atoms with Crippen LogP contribution >= 0.6 is 0 Å². The van der Waals surface area contributed by atoms with Gasteiger partial charge in [-0.05, 0) is 60.4 Å². The molecular formula is C21H23N3O5. The van der Waals surface area contributed by atoms with Gasteiger partial charge in [0.25, 0.3) is 5.91 Å². The number of carbonyl (C=O) groups is 1. The lowest BCUT2D eigenvalue weighted by Crippen LogP contribution is -2.21. The Bertz CT molecular complexity index is 1010. The highest BCUT2D eigenvalue weighted by atomic mass is 16.6. The Balaban J connectivity index is 1.73. The molecule has 0 fully saturated rings. The Morgan fingerprint density at radius 1 is 1.00 bits per heavy atom. The molecule has 1 amide bonds. The van der Waals surface area contributed by atoms with Crippen LogP contribution in [-0.4, -0.2) is 37.0 Å². The average Bonchev–Trinajstić information content (AvgIpc) is 3.14. The number of amides is 1. The molecule has 0 saturated carbocycles. The van der Waals surface area contributed by atoms with Crippen molar-refractivity contribution in [1.82, 2.24) is 10.3 Å². The molecule has 3 aromatic rings. The van der Waals surface area contributed by atoms with Crippen molar-refractivity contribution in [2.75, 3.05) is 26.1 Å². The van der Waals surface area contributed by atoms with E-state index in [1.807, 2.05) is 32.9 Å². The first-order valence-electron chi connectivity index (χ1n) is 8.98. The maximum atomic E-state index is 12.4. The predicted molar refractivity (Wildman–Crippen MR) is 108 cm³/mol. The summed E-state index contributed by atoms with van der Waals surface area (Å²) in [6.45, 7) is 5.75. The summed E-state index contributed by atoms with van der Waals surface area (Å²) in [5.41, 5.74) is 4.13. The van der Waals surface area contributed by atoms with Crippen molar-refractivity contribution in [3.63, 3.8) is 0 Å². The van der Waals surface area contributed by atoms with Gasteiger partial charge >= 0.3 is 0 Å². The number of hydrogen-bond acceptors (Lipinski definition) is 7. The molecule has 0 unspecified atom stereocenters. The van der Waals surface area contributed by atoms with E-state index in [1.54, 1.807) is 25.3 Å². The molecule has 0 aliphatic carbocycles. The number of aryl methyl sites for hydroxylation is 3. The molecule has 1 heterocycles. The Morgan fingerprint density at radius 3 is 2.34 bits per heavy atom. The molecule has 1 aromatic heterocycles. The second-order valence-electron chi connectivity index (χ2n) is 6.60. The van der Waals surface area contributed by atoms with E-state index < -0.39 is 0 Å². The first kappa shape index (κ1) is 20.2. The van der Waals surface area contributed by atoms with Gasteiger partial charge in [0.05, 0.1) is 14.2 Å². The second-order valence-corrected chi connectivity index (χ2v) is 6.60. The number of aromatic nitrogens is 2. The minimum Gasteiger partial charge on any atom is -0.493 e. The first-order valence-corrected chi connectivity index (χ1v) is 8.98. The normalized spacial score (nSPS) is 10.5. The Labute approximate surface area is 168 Å². The smallest absolute Gasteiger partial charge is 0.263 e. The summed E-state index contributed by atoms with van der Waals surface area (Å²) < 4.78 is 21.1. The van der Waals surface area contributed by atoms with E-state index in [0.717, 1.165) is 16.7 Å². The van der Waals surface area contributed by atoms with Crippen LogP contribution in [-0.2, 0) is 4.79 Å². The number of nitrogens with one attached hydrogen (secondary N) is 1. The van der Waals surface area contributed by atoms with Gasteiger partial charge in [0.15, 0.2) is 23.8 Å². The fourth-order valence-corrected chi connectivity index (χ4v) is 3.14. The Kier molecular flexibility index (Phi) is 6.01. The molecule has 0 aliphatic rings. The third-order valence-electron chi connectivity index (χ3n) is 4.36. The summed E-state index contributed by atoms with van der Waals surface area (Å²) in [6.07, 6.45) is 0. The largest absolute Gasteiger partial charge is 0.493 e. The number of rotatable bonds is 7. The minimum atomic E-state index is -0.373. The van der Waals surface area contributed by atoms with Crippen molar-refractivity contribution in [3.05, 3.63) is 47.0 Å². The van der Waals surface area contributed by atoms with Gasteiger partial charge in [0.1, 0.15) is 5.75 Å². The van der Waals surface area contributed by atoms with Crippen LogP contribution in [0.1, 0.15) is 16.7 Å². The number of ether oxygens (including phenoxy) is 3. The fourth-order valence-electron chi connectivity index (χ4n) is 3.14. The molecule has 0 atom stereocenters. The fraction of sp³-hybridized carbons (Fsp3) is 0.286. The standard InChI is InChI=1S/C21H23N3O5/c1-12-8-13(2)20(14(3)9-12)28-11-18(25)22-21-19(23-29-24-21)15-6-7-16(26-4)17(10-15)27-5/h6-10H,11H2,1-5H3,(H,22,24,25). The van der Waals surface area contributed by atoms with Gasteiger partial charge in [-0.25, -0.2) is 4.63 Å². The number of anilines is 1. The summed E-state index contributed by atoms with van der Waals surface area (Å²) in [4.78, 5) is 12.4. The lowest BCUT2D eigenvalue weighted by Gasteiger charge is -2.13. The Morgan fingerprint density at radius 2 is 1.69 bits per heavy atom. The summed E-state index contributed by atoms with van der Waals surface area (Å²) in [6, 6.07) is 9.25. The lowest BCUT2D eigenvalue weighted by atomic mass is 10.1. The van der Waals surface area contributed by atoms with E-state index in [2.05, 4.69) is 15.6 Å². The molecule has 29 heavy (non-hydrogen) atoms. The zero-order valence-corrected chi connectivity index (χ0v) is 17.0. The predicted octanol–water partition coefficient (Wildman–Crippen LogP) is 3.70. The van der Waals surface area contributed by atoms with Crippen molar-refractivity contribution in [1.29, 1.82) is 0 Å². The van der Waals surface area contributed by atoms with Gasteiger partial charge < -0.3 is 19.5 Å². The van der Waals surface area contributed by atoms with E-state index in [0.29, 0.717) is 28.5 Å². The maximum absolute atomic E-state index is 12.4. The molecular weight excluding hydrogens is 374 g/mol. The molecule has 8 heteroatoms. The number of benzene rings is 2. The highest BCUT2D eigenvalue weighted by Crippen LogP contribution is 2.33. The first-order chi connectivity index (χ1) is 13.9. The molecule has 152 valence electrons. The van der Waals surface area contributed by atoms with Crippen LogP contribution in [0.3, 0.4) is 0 Å². The van der Waals surface area contributed by atoms with Crippen molar-refractivity contribution in [2.24, 2.45) is 0 Å². The highest BCUT2D eigenvalue weighted by molar-refractivity contribution is 5.94. The third kappa shape index (κ3) is 4.48. The topological polar surface area (TPSA) is 95.7 Å². The van der Waals surface area contributed by atoms with Crippen LogP contribution in [0.25, 0.3) is 11.3 Å². The van der Waals surface area contributed by atoms with Gasteiger partial charge in [-0.3, -0.25) is 4.79 Å². The summed E-state index contributed by atoms with van der Waals surface area (Å²) in [5.74, 6) is 1.63. The Hall–Kier alpha value is -3.55. The maximum Gasteiger partial charge on any atom is 0.263 e. The van der Waals surface area contributed by atoms with Crippen LogP contribution < -0.4 is 19.5 Å². The summed E-state index contributed by atoms with van der Waals surface area (Å²) in [5, 5.41) is 10.3. The number of carbonyl (C=O) groups excluding carboxylic acids is 1. The second kappa shape index (κ2) is 8.64. The van der Waals surface area contributed by atoms with E-state index in [-0.39, 0.29) is 18.3 Å². The third-order valence-corrected chi connectivity index (χ3v) is 4.36. The van der Waals surface area contributed by atoms with Crippen LogP contribution in [0, 0.1) is 20.8 Å². The van der Waals surface area contributed by atoms with Gasteiger partial charge in [-0.1, -0.05) is 17.7 Å². The monoisotopic (exact) mass is 397 g/mol. The molecule has 0 spiro atoms. The van der Waals surface area contributed by atoms with Crippen molar-refractivity contribution in [2.45, 2.75) is 20.8 Å². The summed E-state index contributed by atoms with van der Waals surface area (Å²) in [7, 11) is 3.09. The summed E-state index contributed by atoms with van der Waals surface area (Å²) >= 11 is 0. The number of hydrogen-bond donors (Lipinski definition) is 1. The molecule has 0 aliphatic heterocycles. The number of methoxy groups -OCH3 is 2. The zero-order chi connectivity index (χ0) is 21.0. The molecule has 8 nitrogen and oxygen atoms in total. The van der Waals surface area contributed by atoms with Crippen molar-refractivity contribution < 1.29 is 23.6 Å². The van der Waals surface area contributed by atoms with Crippen LogP contribution in [0.5, 0.6) is 17.2 Å².